The van der Waals surface area contributed by atoms with E-state index in [2.05, 4.69) is 21.8 Å². The third kappa shape index (κ3) is 4.14. The van der Waals surface area contributed by atoms with Gasteiger partial charge in [0.1, 0.15) is 11.9 Å². The number of rotatable bonds is 8. The molecule has 5 heteroatoms. The van der Waals surface area contributed by atoms with Crippen molar-refractivity contribution in [2.75, 3.05) is 13.7 Å². The van der Waals surface area contributed by atoms with Crippen LogP contribution in [0.2, 0.25) is 0 Å². The lowest BCUT2D eigenvalue weighted by molar-refractivity contribution is -0.143. The minimum atomic E-state index is -0.239. The molecule has 1 heterocycles. The molecule has 102 valence electrons. The molecular formula is C13H23N3O2. The van der Waals surface area contributed by atoms with Crippen LogP contribution in [0.1, 0.15) is 32.5 Å². The summed E-state index contributed by atoms with van der Waals surface area (Å²) in [4.78, 5) is 15.9. The molecule has 0 fully saturated rings. The smallest absolute Gasteiger partial charge is 0.322 e. The van der Waals surface area contributed by atoms with E-state index in [1.807, 2.05) is 19.3 Å². The lowest BCUT2D eigenvalue weighted by Crippen LogP contribution is -2.38. The van der Waals surface area contributed by atoms with Crippen LogP contribution in [-0.2, 0) is 22.5 Å². The zero-order valence-corrected chi connectivity index (χ0v) is 11.5. The van der Waals surface area contributed by atoms with E-state index in [1.165, 1.54) is 7.11 Å². The van der Waals surface area contributed by atoms with E-state index < -0.39 is 0 Å². The summed E-state index contributed by atoms with van der Waals surface area (Å²) in [5, 5.41) is 3.14. The number of hydrogen-bond donors (Lipinski definition) is 1. The van der Waals surface area contributed by atoms with E-state index in [0.29, 0.717) is 6.42 Å². The quantitative estimate of drug-likeness (QED) is 0.711. The lowest BCUT2D eigenvalue weighted by Gasteiger charge is -2.16. The van der Waals surface area contributed by atoms with Gasteiger partial charge in [0.15, 0.2) is 0 Å². The minimum Gasteiger partial charge on any atom is -0.468 e. The number of aryl methyl sites for hydroxylation is 2. The predicted octanol–water partition coefficient (Wildman–Crippen LogP) is 1.38. The second kappa shape index (κ2) is 7.87. The molecule has 18 heavy (non-hydrogen) atoms. The normalized spacial score (nSPS) is 12.4. The number of likely N-dealkylation sites (N-methyl/N-ethyl adjacent to an activating group) is 1. The van der Waals surface area contributed by atoms with Crippen LogP contribution in [0.3, 0.4) is 0 Å². The molecule has 0 saturated heterocycles. The van der Waals surface area contributed by atoms with Crippen molar-refractivity contribution in [3.63, 3.8) is 0 Å². The molecule has 0 aromatic carbocycles. The van der Waals surface area contributed by atoms with Crippen LogP contribution in [-0.4, -0.2) is 35.2 Å². The Balaban J connectivity index is 2.55. The molecule has 0 aliphatic carbocycles. The van der Waals surface area contributed by atoms with Gasteiger partial charge in [-0.2, -0.15) is 0 Å². The predicted molar refractivity (Wildman–Crippen MR) is 70.3 cm³/mol. The van der Waals surface area contributed by atoms with Crippen LogP contribution in [0.5, 0.6) is 0 Å². The highest BCUT2D eigenvalue weighted by molar-refractivity contribution is 5.75. The van der Waals surface area contributed by atoms with Crippen molar-refractivity contribution in [2.45, 2.75) is 45.7 Å². The molecule has 1 N–H and O–H groups in total. The maximum atomic E-state index is 11.6. The molecule has 1 aromatic rings. The van der Waals surface area contributed by atoms with Crippen molar-refractivity contribution in [3.8, 4) is 0 Å². The molecule has 1 aromatic heterocycles. The van der Waals surface area contributed by atoms with Gasteiger partial charge in [0.05, 0.1) is 7.11 Å². The number of hydrogen-bond acceptors (Lipinski definition) is 4. The second-order valence-electron chi connectivity index (χ2n) is 4.21. The van der Waals surface area contributed by atoms with Gasteiger partial charge in [0.25, 0.3) is 0 Å². The number of esters is 1. The van der Waals surface area contributed by atoms with Crippen LogP contribution in [0.25, 0.3) is 0 Å². The van der Waals surface area contributed by atoms with Crippen molar-refractivity contribution >= 4 is 5.97 Å². The van der Waals surface area contributed by atoms with Crippen LogP contribution < -0.4 is 5.32 Å². The zero-order valence-electron chi connectivity index (χ0n) is 11.5. The molecule has 1 atom stereocenters. The van der Waals surface area contributed by atoms with E-state index in [-0.39, 0.29) is 12.0 Å². The van der Waals surface area contributed by atoms with Crippen LogP contribution in [0.15, 0.2) is 12.4 Å². The Labute approximate surface area is 109 Å². The number of carbonyl (C=O) groups excluding carboxylic acids is 1. The largest absolute Gasteiger partial charge is 0.468 e. The highest BCUT2D eigenvalue weighted by Gasteiger charge is 2.17. The summed E-state index contributed by atoms with van der Waals surface area (Å²) in [6, 6.07) is -0.239. The average Bonchev–Trinajstić information content (AvgIpc) is 2.81. The van der Waals surface area contributed by atoms with E-state index in [0.717, 1.165) is 31.8 Å². The summed E-state index contributed by atoms with van der Waals surface area (Å²) in [5.41, 5.74) is 0. The van der Waals surface area contributed by atoms with E-state index in [1.54, 1.807) is 0 Å². The highest BCUT2D eigenvalue weighted by atomic mass is 16.5. The molecule has 0 aliphatic rings. The number of nitrogens with zero attached hydrogens (tertiary/aromatic N) is 2. The zero-order chi connectivity index (χ0) is 13.4. The van der Waals surface area contributed by atoms with Gasteiger partial charge in [0.2, 0.25) is 0 Å². The summed E-state index contributed by atoms with van der Waals surface area (Å²) in [6.07, 6.45) is 6.53. The van der Waals surface area contributed by atoms with Crippen LogP contribution >= 0.6 is 0 Å². The van der Waals surface area contributed by atoms with Gasteiger partial charge in [-0.05, 0) is 19.4 Å². The summed E-state index contributed by atoms with van der Waals surface area (Å²) in [5.74, 6) is 0.881. The van der Waals surface area contributed by atoms with Gasteiger partial charge in [-0.15, -0.1) is 0 Å². The Bertz CT molecular complexity index is 363. The van der Waals surface area contributed by atoms with Gasteiger partial charge in [0, 0.05) is 25.4 Å². The lowest BCUT2D eigenvalue weighted by atomic mass is 10.2. The van der Waals surface area contributed by atoms with Crippen molar-refractivity contribution in [1.82, 2.24) is 14.9 Å². The Morgan fingerprint density at radius 2 is 2.33 bits per heavy atom. The summed E-state index contributed by atoms with van der Waals surface area (Å²) in [6.45, 7) is 5.65. The minimum absolute atomic E-state index is 0.200. The number of imidazole rings is 1. The number of aromatic nitrogens is 2. The fraction of sp³-hybridized carbons (Fsp3) is 0.692. The molecule has 5 nitrogen and oxygen atoms in total. The number of ether oxygens (including phenoxy) is 1. The fourth-order valence-corrected chi connectivity index (χ4v) is 1.96. The second-order valence-corrected chi connectivity index (χ2v) is 4.21. The van der Waals surface area contributed by atoms with Gasteiger partial charge in [-0.25, -0.2) is 4.98 Å². The van der Waals surface area contributed by atoms with Gasteiger partial charge < -0.3 is 14.6 Å². The van der Waals surface area contributed by atoms with Crippen molar-refractivity contribution in [2.24, 2.45) is 0 Å². The number of nitrogens with one attached hydrogen (secondary N) is 1. The maximum absolute atomic E-state index is 11.6. The van der Waals surface area contributed by atoms with Crippen LogP contribution in [0, 0.1) is 0 Å². The molecule has 0 amide bonds. The molecule has 0 radical (unpaired) electrons. The summed E-state index contributed by atoms with van der Waals surface area (Å²) >= 11 is 0. The molecule has 0 aliphatic heterocycles. The standard InChI is InChI=1S/C13H23N3O2/c1-4-6-12-15-8-10-16(12)9-7-11(14-5-2)13(17)18-3/h8,10-11,14H,4-7,9H2,1-3H3. The first kappa shape index (κ1) is 14.7. The third-order valence-electron chi connectivity index (χ3n) is 2.87. The van der Waals surface area contributed by atoms with Crippen molar-refractivity contribution in [3.05, 3.63) is 18.2 Å². The molecule has 0 spiro atoms. The monoisotopic (exact) mass is 253 g/mol. The van der Waals surface area contributed by atoms with Gasteiger partial charge >= 0.3 is 5.97 Å². The Hall–Kier alpha value is -1.36. The van der Waals surface area contributed by atoms with Gasteiger partial charge in [-0.3, -0.25) is 4.79 Å². The topological polar surface area (TPSA) is 56.2 Å². The summed E-state index contributed by atoms with van der Waals surface area (Å²) < 4.78 is 6.89. The van der Waals surface area contributed by atoms with Gasteiger partial charge in [-0.1, -0.05) is 13.8 Å². The molecule has 1 rings (SSSR count). The molecular weight excluding hydrogens is 230 g/mol. The van der Waals surface area contributed by atoms with Crippen molar-refractivity contribution in [1.29, 1.82) is 0 Å². The highest BCUT2D eigenvalue weighted by Crippen LogP contribution is 2.05. The fourth-order valence-electron chi connectivity index (χ4n) is 1.96. The van der Waals surface area contributed by atoms with Crippen molar-refractivity contribution < 1.29 is 9.53 Å². The van der Waals surface area contributed by atoms with Crippen LogP contribution in [0.4, 0.5) is 0 Å². The number of methoxy groups -OCH3 is 1. The molecule has 1 unspecified atom stereocenters. The molecule has 0 bridgehead atoms. The van der Waals surface area contributed by atoms with E-state index >= 15 is 0 Å². The Morgan fingerprint density at radius 1 is 1.56 bits per heavy atom. The molecule has 0 saturated carbocycles. The first-order valence-corrected chi connectivity index (χ1v) is 6.54. The Morgan fingerprint density at radius 3 is 2.94 bits per heavy atom. The third-order valence-corrected chi connectivity index (χ3v) is 2.87. The maximum Gasteiger partial charge on any atom is 0.322 e. The first-order valence-electron chi connectivity index (χ1n) is 6.54. The van der Waals surface area contributed by atoms with E-state index in [9.17, 15) is 4.79 Å². The summed E-state index contributed by atoms with van der Waals surface area (Å²) in [7, 11) is 1.42. The van der Waals surface area contributed by atoms with E-state index in [4.69, 9.17) is 4.74 Å². The SMILES string of the molecule is CCCc1nccn1CCC(NCC)C(=O)OC. The first-order chi connectivity index (χ1) is 8.72. The Kier molecular flexibility index (Phi) is 6.43. The number of carbonyl (C=O) groups is 1. The average molecular weight is 253 g/mol.